The molecule has 2 amide bonds. The molecule has 1 atom stereocenters. The molecular weight excluding hydrogens is 324 g/mol. The number of nitrogens with one attached hydrogen (secondary N) is 1. The van der Waals surface area contributed by atoms with Crippen molar-refractivity contribution in [1.29, 1.82) is 0 Å². The van der Waals surface area contributed by atoms with E-state index in [0.29, 0.717) is 18.7 Å². The number of amides is 2. The van der Waals surface area contributed by atoms with Crippen molar-refractivity contribution in [2.45, 2.75) is 31.6 Å². The van der Waals surface area contributed by atoms with Crippen molar-refractivity contribution in [2.75, 3.05) is 31.1 Å². The van der Waals surface area contributed by atoms with Crippen molar-refractivity contribution in [3.05, 3.63) is 35.9 Å². The molecule has 2 saturated heterocycles. The highest BCUT2D eigenvalue weighted by Crippen LogP contribution is 2.37. The fraction of sp³-hybridized carbons (Fsp3) is 0.611. The van der Waals surface area contributed by atoms with Crippen LogP contribution in [0.5, 0.6) is 0 Å². The largest absolute Gasteiger partial charge is 0.338 e. The van der Waals surface area contributed by atoms with Crippen LogP contribution in [0.25, 0.3) is 0 Å². The van der Waals surface area contributed by atoms with E-state index in [9.17, 15) is 13.2 Å². The molecule has 0 bridgehead atoms. The molecular formula is C18H26N2O3S. The Morgan fingerprint density at radius 2 is 2.00 bits per heavy atom. The third-order valence-corrected chi connectivity index (χ3v) is 7.33. The molecule has 24 heavy (non-hydrogen) atoms. The summed E-state index contributed by atoms with van der Waals surface area (Å²) in [5, 5.41) is 2.93. The van der Waals surface area contributed by atoms with E-state index in [2.05, 4.69) is 24.4 Å². The Hall–Kier alpha value is -1.56. The number of likely N-dealkylation sites (tertiary alicyclic amines) is 1. The smallest absolute Gasteiger partial charge is 0.317 e. The zero-order chi connectivity index (χ0) is 17.2. The number of nitrogens with zero attached hydrogens (tertiary/aromatic N) is 1. The number of urea groups is 1. The topological polar surface area (TPSA) is 66.5 Å². The minimum atomic E-state index is -2.92. The maximum Gasteiger partial charge on any atom is 0.317 e. The van der Waals surface area contributed by atoms with Gasteiger partial charge in [-0.15, -0.1) is 0 Å². The van der Waals surface area contributed by atoms with Crippen LogP contribution in [0, 0.1) is 5.92 Å². The van der Waals surface area contributed by atoms with Crippen LogP contribution < -0.4 is 5.32 Å². The normalized spacial score (nSPS) is 24.9. The summed E-state index contributed by atoms with van der Waals surface area (Å²) in [7, 11) is -2.92. The Morgan fingerprint density at radius 1 is 1.29 bits per heavy atom. The van der Waals surface area contributed by atoms with Crippen LogP contribution in [-0.2, 0) is 15.3 Å². The summed E-state index contributed by atoms with van der Waals surface area (Å²) in [5.74, 6) is 0.551. The van der Waals surface area contributed by atoms with Gasteiger partial charge in [-0.1, -0.05) is 37.3 Å². The van der Waals surface area contributed by atoms with Gasteiger partial charge in [0.1, 0.15) is 0 Å². The molecule has 2 aliphatic heterocycles. The van der Waals surface area contributed by atoms with Gasteiger partial charge in [-0.3, -0.25) is 0 Å². The maximum absolute atomic E-state index is 12.3. The van der Waals surface area contributed by atoms with Crippen molar-refractivity contribution in [3.8, 4) is 0 Å². The summed E-state index contributed by atoms with van der Waals surface area (Å²) in [6, 6.07) is 10.3. The number of benzene rings is 1. The highest BCUT2D eigenvalue weighted by atomic mass is 32.2. The first kappa shape index (κ1) is 17.3. The molecule has 132 valence electrons. The molecule has 2 aliphatic rings. The summed E-state index contributed by atoms with van der Waals surface area (Å²) < 4.78 is 23.3. The molecule has 0 aliphatic carbocycles. The zero-order valence-electron chi connectivity index (χ0n) is 14.2. The summed E-state index contributed by atoms with van der Waals surface area (Å²) in [5.41, 5.74) is 1.35. The summed E-state index contributed by atoms with van der Waals surface area (Å²) in [4.78, 5) is 14.2. The van der Waals surface area contributed by atoms with Crippen molar-refractivity contribution < 1.29 is 13.2 Å². The first-order chi connectivity index (χ1) is 11.4. The van der Waals surface area contributed by atoms with E-state index >= 15 is 0 Å². The van der Waals surface area contributed by atoms with E-state index in [1.165, 1.54) is 5.56 Å². The predicted octanol–water partition coefficient (Wildman–Crippen LogP) is 2.18. The SMILES string of the molecule is CCC1(c2ccccc2)CN(C(=O)NCC2CCCS(=O)(=O)C2)C1. The number of sulfone groups is 1. The second kappa shape index (κ2) is 6.75. The predicted molar refractivity (Wildman–Crippen MR) is 94.8 cm³/mol. The van der Waals surface area contributed by atoms with Crippen molar-refractivity contribution in [1.82, 2.24) is 10.2 Å². The van der Waals surface area contributed by atoms with E-state index in [1.54, 1.807) is 0 Å². The third-order valence-electron chi connectivity index (χ3n) is 5.44. The average molecular weight is 350 g/mol. The van der Waals surface area contributed by atoms with Gasteiger partial charge in [0.05, 0.1) is 11.5 Å². The number of rotatable bonds is 4. The van der Waals surface area contributed by atoms with Crippen LogP contribution in [0.2, 0.25) is 0 Å². The van der Waals surface area contributed by atoms with E-state index in [0.717, 1.165) is 25.9 Å². The monoisotopic (exact) mass is 350 g/mol. The zero-order valence-corrected chi connectivity index (χ0v) is 15.0. The van der Waals surface area contributed by atoms with Gasteiger partial charge in [-0.25, -0.2) is 13.2 Å². The average Bonchev–Trinajstić information content (AvgIpc) is 2.53. The molecule has 0 aromatic heterocycles. The molecule has 6 heteroatoms. The number of carbonyl (C=O) groups excluding carboxylic acids is 1. The van der Waals surface area contributed by atoms with Crippen molar-refractivity contribution in [3.63, 3.8) is 0 Å². The Morgan fingerprint density at radius 3 is 2.62 bits per heavy atom. The van der Waals surface area contributed by atoms with Gasteiger partial charge < -0.3 is 10.2 Å². The van der Waals surface area contributed by atoms with E-state index < -0.39 is 9.84 Å². The van der Waals surface area contributed by atoms with Crippen LogP contribution in [0.1, 0.15) is 31.7 Å². The molecule has 3 rings (SSSR count). The molecule has 1 unspecified atom stereocenters. The highest BCUT2D eigenvalue weighted by molar-refractivity contribution is 7.91. The second-order valence-corrected chi connectivity index (χ2v) is 9.39. The summed E-state index contributed by atoms with van der Waals surface area (Å²) >= 11 is 0. The standard InChI is InChI=1S/C18H26N2O3S/c1-2-18(16-8-4-3-5-9-16)13-20(14-18)17(21)19-11-15-7-6-10-24(22,23)12-15/h3-5,8-9,15H,2,6-7,10-14H2,1H3,(H,19,21). The van der Waals surface area contributed by atoms with Gasteiger partial charge >= 0.3 is 6.03 Å². The van der Waals surface area contributed by atoms with Crippen LogP contribution in [0.4, 0.5) is 4.79 Å². The molecule has 1 aromatic rings. The lowest BCUT2D eigenvalue weighted by Gasteiger charge is -2.50. The molecule has 0 radical (unpaired) electrons. The lowest BCUT2D eigenvalue weighted by atomic mass is 9.72. The number of hydrogen-bond acceptors (Lipinski definition) is 3. The summed E-state index contributed by atoms with van der Waals surface area (Å²) in [6.07, 6.45) is 2.59. The fourth-order valence-corrected chi connectivity index (χ4v) is 5.63. The van der Waals surface area contributed by atoms with Crippen LogP contribution in [0.3, 0.4) is 0 Å². The van der Waals surface area contributed by atoms with Gasteiger partial charge in [-0.05, 0) is 30.7 Å². The van der Waals surface area contributed by atoms with Gasteiger partial charge in [0.2, 0.25) is 0 Å². The lowest BCUT2D eigenvalue weighted by Crippen LogP contribution is -2.63. The Bertz CT molecular complexity index is 681. The first-order valence-electron chi connectivity index (χ1n) is 8.73. The highest BCUT2D eigenvalue weighted by Gasteiger charge is 2.45. The van der Waals surface area contributed by atoms with Gasteiger partial charge in [0.15, 0.2) is 9.84 Å². The third kappa shape index (κ3) is 3.58. The van der Waals surface area contributed by atoms with Gasteiger partial charge in [0.25, 0.3) is 0 Å². The van der Waals surface area contributed by atoms with Crippen molar-refractivity contribution in [2.24, 2.45) is 5.92 Å². The van der Waals surface area contributed by atoms with Crippen LogP contribution in [0.15, 0.2) is 30.3 Å². The van der Waals surface area contributed by atoms with Crippen LogP contribution in [-0.4, -0.2) is 50.5 Å². The lowest BCUT2D eigenvalue weighted by molar-refractivity contribution is 0.0879. The Balaban J connectivity index is 1.51. The molecule has 2 heterocycles. The Labute approximate surface area is 144 Å². The number of carbonyl (C=O) groups is 1. The van der Waals surface area contributed by atoms with E-state index in [4.69, 9.17) is 0 Å². The quantitative estimate of drug-likeness (QED) is 0.905. The molecule has 1 aromatic carbocycles. The fourth-order valence-electron chi connectivity index (χ4n) is 3.85. The van der Waals surface area contributed by atoms with Crippen molar-refractivity contribution >= 4 is 15.9 Å². The van der Waals surface area contributed by atoms with Gasteiger partial charge in [-0.2, -0.15) is 0 Å². The molecule has 1 N–H and O–H groups in total. The minimum absolute atomic E-state index is 0.0547. The summed E-state index contributed by atoms with van der Waals surface area (Å²) in [6.45, 7) is 4.07. The molecule has 5 nitrogen and oxygen atoms in total. The first-order valence-corrected chi connectivity index (χ1v) is 10.5. The van der Waals surface area contributed by atoms with E-state index in [1.807, 2.05) is 23.1 Å². The van der Waals surface area contributed by atoms with Gasteiger partial charge in [0, 0.05) is 25.0 Å². The van der Waals surface area contributed by atoms with Crippen LogP contribution >= 0.6 is 0 Å². The molecule has 0 spiro atoms. The molecule has 2 fully saturated rings. The number of hydrogen-bond donors (Lipinski definition) is 1. The molecule has 0 saturated carbocycles. The van der Waals surface area contributed by atoms with E-state index in [-0.39, 0.29) is 23.1 Å². The Kier molecular flexibility index (Phi) is 4.85. The maximum atomic E-state index is 12.3. The second-order valence-electron chi connectivity index (χ2n) is 7.16. The minimum Gasteiger partial charge on any atom is -0.338 e.